The Kier molecular flexibility index (Phi) is 6.95. The van der Waals surface area contributed by atoms with Gasteiger partial charge in [-0.2, -0.15) is 5.10 Å². The molecule has 0 amide bonds. The van der Waals surface area contributed by atoms with Crippen molar-refractivity contribution in [3.05, 3.63) is 47.2 Å². The molecule has 27 heavy (non-hydrogen) atoms. The molecule has 0 spiro atoms. The van der Waals surface area contributed by atoms with E-state index in [1.807, 2.05) is 43.7 Å². The molecule has 8 heteroatoms. The van der Waals surface area contributed by atoms with Crippen LogP contribution >= 0.6 is 11.6 Å². The Morgan fingerprint density at radius 3 is 2.93 bits per heavy atom. The number of ether oxygens (including phenoxy) is 2. The first-order valence-corrected chi connectivity index (χ1v) is 9.55. The summed E-state index contributed by atoms with van der Waals surface area (Å²) in [5.74, 6) is 1.68. The zero-order valence-corrected chi connectivity index (χ0v) is 16.5. The topological polar surface area (TPSA) is 63.9 Å². The van der Waals surface area contributed by atoms with Gasteiger partial charge in [0.1, 0.15) is 18.5 Å². The molecule has 1 N–H and O–H groups in total. The number of hydrogen-bond acceptors (Lipinski definition) is 4. The number of halogens is 1. The van der Waals surface area contributed by atoms with Crippen LogP contribution in [-0.4, -0.2) is 60.0 Å². The molecule has 1 unspecified atom stereocenters. The number of guanidine groups is 1. The van der Waals surface area contributed by atoms with Crippen LogP contribution in [0.15, 0.2) is 41.7 Å². The molecule has 1 fully saturated rings. The van der Waals surface area contributed by atoms with Crippen molar-refractivity contribution in [1.29, 1.82) is 0 Å². The average molecular weight is 392 g/mol. The summed E-state index contributed by atoms with van der Waals surface area (Å²) in [5.41, 5.74) is 1.09. The van der Waals surface area contributed by atoms with Crippen LogP contribution in [0, 0.1) is 0 Å². The molecule has 0 aliphatic carbocycles. The van der Waals surface area contributed by atoms with E-state index in [4.69, 9.17) is 26.1 Å². The number of hydrogen-bond donors (Lipinski definition) is 1. The van der Waals surface area contributed by atoms with Crippen molar-refractivity contribution in [2.75, 3.05) is 39.4 Å². The number of aliphatic imine (C=N–C) groups is 1. The van der Waals surface area contributed by atoms with E-state index < -0.39 is 0 Å². The monoisotopic (exact) mass is 391 g/mol. The van der Waals surface area contributed by atoms with Gasteiger partial charge in [-0.05, 0) is 31.2 Å². The van der Waals surface area contributed by atoms with Crippen molar-refractivity contribution in [2.45, 2.75) is 13.0 Å². The lowest BCUT2D eigenvalue weighted by Crippen LogP contribution is -2.48. The Labute approximate surface area is 164 Å². The smallest absolute Gasteiger partial charge is 0.194 e. The largest absolute Gasteiger partial charge is 0.492 e. The zero-order chi connectivity index (χ0) is 19.1. The van der Waals surface area contributed by atoms with Crippen LogP contribution in [-0.2, 0) is 11.8 Å². The molecule has 0 radical (unpaired) electrons. The van der Waals surface area contributed by atoms with Gasteiger partial charge in [0.25, 0.3) is 0 Å². The quantitative estimate of drug-likeness (QED) is 0.465. The summed E-state index contributed by atoms with van der Waals surface area (Å²) in [6, 6.07) is 7.35. The van der Waals surface area contributed by atoms with Gasteiger partial charge in [0.05, 0.1) is 25.9 Å². The van der Waals surface area contributed by atoms with E-state index >= 15 is 0 Å². The van der Waals surface area contributed by atoms with Crippen molar-refractivity contribution < 1.29 is 9.47 Å². The number of aryl methyl sites for hydroxylation is 1. The molecule has 1 atom stereocenters. The zero-order valence-electron chi connectivity index (χ0n) is 15.8. The van der Waals surface area contributed by atoms with Gasteiger partial charge in [-0.1, -0.05) is 11.6 Å². The van der Waals surface area contributed by atoms with Gasteiger partial charge in [-0.3, -0.25) is 4.68 Å². The number of aromatic nitrogens is 2. The minimum Gasteiger partial charge on any atom is -0.492 e. The summed E-state index contributed by atoms with van der Waals surface area (Å²) in [5, 5.41) is 8.30. The fourth-order valence-electron chi connectivity index (χ4n) is 2.92. The first-order chi connectivity index (χ1) is 13.2. The Balaban J connectivity index is 1.56. The number of rotatable bonds is 6. The fraction of sp³-hybridized carbons (Fsp3) is 0.474. The number of benzene rings is 1. The predicted octanol–water partition coefficient (Wildman–Crippen LogP) is 2.49. The van der Waals surface area contributed by atoms with E-state index in [0.29, 0.717) is 24.8 Å². The highest BCUT2D eigenvalue weighted by molar-refractivity contribution is 6.30. The maximum atomic E-state index is 5.92. The molecule has 7 nitrogen and oxygen atoms in total. The van der Waals surface area contributed by atoms with Crippen LogP contribution in [0.3, 0.4) is 0 Å². The highest BCUT2D eigenvalue weighted by Gasteiger charge is 2.25. The molecule has 1 aromatic carbocycles. The van der Waals surface area contributed by atoms with Gasteiger partial charge in [0, 0.05) is 36.9 Å². The molecule has 2 aromatic rings. The Hall–Kier alpha value is -2.25. The molecule has 1 aliphatic rings. The molecule has 1 saturated heterocycles. The Bertz CT molecular complexity index is 747. The van der Waals surface area contributed by atoms with E-state index in [0.717, 1.165) is 36.9 Å². The minimum atomic E-state index is 0.00150. The lowest BCUT2D eigenvalue weighted by atomic mass is 10.1. The molecule has 2 heterocycles. The van der Waals surface area contributed by atoms with Crippen LogP contribution in [0.5, 0.6) is 5.75 Å². The maximum Gasteiger partial charge on any atom is 0.194 e. The van der Waals surface area contributed by atoms with Gasteiger partial charge < -0.3 is 19.7 Å². The molecular weight excluding hydrogens is 366 g/mol. The lowest BCUT2D eigenvalue weighted by molar-refractivity contribution is -0.00805. The normalized spacial score (nSPS) is 17.8. The van der Waals surface area contributed by atoms with E-state index in [1.165, 1.54) is 0 Å². The average Bonchev–Trinajstić information content (AvgIpc) is 3.12. The summed E-state index contributed by atoms with van der Waals surface area (Å²) < 4.78 is 13.4. The van der Waals surface area contributed by atoms with E-state index in [9.17, 15) is 0 Å². The summed E-state index contributed by atoms with van der Waals surface area (Å²) in [4.78, 5) is 6.94. The van der Waals surface area contributed by atoms with E-state index in [1.54, 1.807) is 4.68 Å². The van der Waals surface area contributed by atoms with Gasteiger partial charge >= 0.3 is 0 Å². The van der Waals surface area contributed by atoms with Crippen molar-refractivity contribution >= 4 is 17.6 Å². The lowest BCUT2D eigenvalue weighted by Gasteiger charge is -2.34. The maximum absolute atomic E-state index is 5.92. The third-order valence-electron chi connectivity index (χ3n) is 4.23. The molecule has 1 aliphatic heterocycles. The summed E-state index contributed by atoms with van der Waals surface area (Å²) >= 11 is 5.89. The molecule has 1 aromatic heterocycles. The first kappa shape index (κ1) is 19.5. The Morgan fingerprint density at radius 1 is 1.41 bits per heavy atom. The predicted molar refractivity (Wildman–Crippen MR) is 106 cm³/mol. The standard InChI is InChI=1S/C19H26ClN5O2/c1-3-21-19(22-8-10-26-17-6-4-16(20)5-7-17)25-9-11-27-18(14-25)15-12-23-24(2)13-15/h4-7,12-13,18H,3,8-11,14H2,1-2H3,(H,21,22). The van der Waals surface area contributed by atoms with Gasteiger partial charge in [-0.15, -0.1) is 0 Å². The van der Waals surface area contributed by atoms with Crippen LogP contribution in [0.4, 0.5) is 0 Å². The molecule has 0 bridgehead atoms. The highest BCUT2D eigenvalue weighted by atomic mass is 35.5. The third-order valence-corrected chi connectivity index (χ3v) is 4.48. The number of nitrogens with zero attached hydrogens (tertiary/aromatic N) is 4. The van der Waals surface area contributed by atoms with Crippen molar-refractivity contribution in [2.24, 2.45) is 12.0 Å². The van der Waals surface area contributed by atoms with E-state index in [-0.39, 0.29) is 6.10 Å². The van der Waals surface area contributed by atoms with Crippen molar-refractivity contribution in [3.63, 3.8) is 0 Å². The van der Waals surface area contributed by atoms with Gasteiger partial charge in [-0.25, -0.2) is 4.99 Å². The highest BCUT2D eigenvalue weighted by Crippen LogP contribution is 2.21. The van der Waals surface area contributed by atoms with Gasteiger partial charge in [0.2, 0.25) is 0 Å². The van der Waals surface area contributed by atoms with Crippen LogP contribution in [0.25, 0.3) is 0 Å². The van der Waals surface area contributed by atoms with Crippen LogP contribution in [0.1, 0.15) is 18.6 Å². The second kappa shape index (κ2) is 9.62. The first-order valence-electron chi connectivity index (χ1n) is 9.17. The molecule has 0 saturated carbocycles. The van der Waals surface area contributed by atoms with Gasteiger partial charge in [0.15, 0.2) is 5.96 Å². The SMILES string of the molecule is CCNC(=NCCOc1ccc(Cl)cc1)N1CCOC(c2cnn(C)c2)C1. The summed E-state index contributed by atoms with van der Waals surface area (Å²) in [6.07, 6.45) is 3.86. The summed E-state index contributed by atoms with van der Waals surface area (Å²) in [7, 11) is 1.91. The number of nitrogens with one attached hydrogen (secondary N) is 1. The van der Waals surface area contributed by atoms with Crippen molar-refractivity contribution in [3.8, 4) is 5.75 Å². The second-order valence-corrected chi connectivity index (χ2v) is 6.73. The second-order valence-electron chi connectivity index (χ2n) is 6.29. The minimum absolute atomic E-state index is 0.00150. The van der Waals surface area contributed by atoms with Crippen LogP contribution < -0.4 is 10.1 Å². The fourth-order valence-corrected chi connectivity index (χ4v) is 3.05. The van der Waals surface area contributed by atoms with E-state index in [2.05, 4.69) is 22.2 Å². The van der Waals surface area contributed by atoms with Crippen molar-refractivity contribution in [1.82, 2.24) is 20.0 Å². The summed E-state index contributed by atoms with van der Waals surface area (Å²) in [6.45, 7) is 6.17. The Morgan fingerprint density at radius 2 is 2.22 bits per heavy atom. The molecule has 3 rings (SSSR count). The third kappa shape index (κ3) is 5.61. The molecular formula is C19H26ClN5O2. The molecule has 146 valence electrons. The van der Waals surface area contributed by atoms with Crippen LogP contribution in [0.2, 0.25) is 5.02 Å². The number of morpholine rings is 1.